The van der Waals surface area contributed by atoms with Crippen LogP contribution in [0.3, 0.4) is 0 Å². The molecule has 1 aromatic carbocycles. The van der Waals surface area contributed by atoms with Crippen LogP contribution in [0.1, 0.15) is 63.8 Å². The van der Waals surface area contributed by atoms with Crippen molar-refractivity contribution in [2.45, 2.75) is 76.4 Å². The molecule has 2 aromatic rings. The lowest BCUT2D eigenvalue weighted by molar-refractivity contribution is -0.118. The van der Waals surface area contributed by atoms with E-state index in [0.29, 0.717) is 5.62 Å². The average molecular weight is 506 g/mol. The summed E-state index contributed by atoms with van der Waals surface area (Å²) in [6.45, 7) is 2.17. The molecule has 1 saturated heterocycles. The minimum atomic E-state index is -4.17. The summed E-state index contributed by atoms with van der Waals surface area (Å²) >= 11 is 0. The Kier molecular flexibility index (Phi) is 9.45. The predicted octanol–water partition coefficient (Wildman–Crippen LogP) is 1.81. The topological polar surface area (TPSA) is 173 Å². The molecule has 1 saturated carbocycles. The van der Waals surface area contributed by atoms with Crippen LogP contribution < -0.4 is 16.5 Å². The standard InChI is InChI=1S/C23H32N6O.H3NO3S/c24-17-26-23-28(16-22(25)30)20-10-6-7-11-21(20)29(23)19-12-14-27(15-13-19)18-8-4-2-1-3-5-9-18;1-5(2,3)4/h6-7,10-11,18-19H,1-5,8-9,12-16H2,(H2,25,30);(H3,1,2,3,4). The third kappa shape index (κ3) is 7.63. The second-order valence-electron chi connectivity index (χ2n) is 9.20. The molecule has 0 unspecified atom stereocenters. The number of hydrogen-bond donors (Lipinski definition) is 3. The minimum absolute atomic E-state index is 0.0228. The van der Waals surface area contributed by atoms with Crippen LogP contribution in [0.4, 0.5) is 0 Å². The summed E-state index contributed by atoms with van der Waals surface area (Å²) in [4.78, 5) is 18.5. The number of nitriles is 1. The van der Waals surface area contributed by atoms with Gasteiger partial charge in [0.2, 0.25) is 17.7 Å². The zero-order chi connectivity index (χ0) is 25.4. The van der Waals surface area contributed by atoms with Gasteiger partial charge in [0.1, 0.15) is 6.54 Å². The van der Waals surface area contributed by atoms with Gasteiger partial charge in [-0.15, -0.1) is 4.99 Å². The fraction of sp³-hybridized carbons (Fsp3) is 0.609. The van der Waals surface area contributed by atoms with Crippen LogP contribution in [-0.2, 0) is 21.6 Å². The summed E-state index contributed by atoms with van der Waals surface area (Å²) < 4.78 is 29.1. The van der Waals surface area contributed by atoms with Gasteiger partial charge < -0.3 is 15.2 Å². The van der Waals surface area contributed by atoms with E-state index in [1.165, 1.54) is 44.9 Å². The summed E-state index contributed by atoms with van der Waals surface area (Å²) in [5.74, 6) is -0.434. The molecule has 4 rings (SSSR count). The van der Waals surface area contributed by atoms with Crippen molar-refractivity contribution in [3.63, 3.8) is 0 Å². The normalized spacial score (nSPS) is 19.4. The largest absolute Gasteiger partial charge is 0.368 e. The number of para-hydroxylation sites is 2. The fourth-order valence-corrected chi connectivity index (χ4v) is 5.38. The maximum absolute atomic E-state index is 11.7. The lowest BCUT2D eigenvalue weighted by atomic mass is 9.93. The smallest absolute Gasteiger partial charge is 0.330 e. The van der Waals surface area contributed by atoms with E-state index in [1.807, 2.05) is 30.5 Å². The Morgan fingerprint density at radius 2 is 1.57 bits per heavy atom. The molecule has 0 spiro atoms. The van der Waals surface area contributed by atoms with Gasteiger partial charge in [0.25, 0.3) is 0 Å². The molecular weight excluding hydrogens is 470 g/mol. The number of hydrogen-bond acceptors (Lipinski definition) is 6. The van der Waals surface area contributed by atoms with E-state index in [1.54, 1.807) is 4.57 Å². The number of carbonyl (C=O) groups excluding carboxylic acids is 1. The van der Waals surface area contributed by atoms with Crippen LogP contribution in [0, 0.1) is 11.5 Å². The van der Waals surface area contributed by atoms with Gasteiger partial charge in [0.15, 0.2) is 0 Å². The molecule has 35 heavy (non-hydrogen) atoms. The SMILES string of the molecule is N#CN=c1n(CC(N)=O)c2ccccc2n1C1CCN(C2CCCCCCC2)CC1.NS(=O)(=O)O. The first-order valence-corrected chi connectivity index (χ1v) is 13.6. The van der Waals surface area contributed by atoms with Crippen LogP contribution in [-0.4, -0.2) is 52.0 Å². The molecule has 0 radical (unpaired) electrons. The van der Waals surface area contributed by atoms with E-state index < -0.39 is 16.2 Å². The van der Waals surface area contributed by atoms with Gasteiger partial charge >= 0.3 is 10.3 Å². The lowest BCUT2D eigenvalue weighted by Crippen LogP contribution is -2.43. The van der Waals surface area contributed by atoms with Gasteiger partial charge in [-0.3, -0.25) is 13.9 Å². The van der Waals surface area contributed by atoms with Crippen molar-refractivity contribution in [2.24, 2.45) is 15.9 Å². The van der Waals surface area contributed by atoms with E-state index in [4.69, 9.17) is 18.7 Å². The first kappa shape index (κ1) is 26.9. The summed E-state index contributed by atoms with van der Waals surface area (Å²) in [5, 5.41) is 13.2. The first-order valence-electron chi connectivity index (χ1n) is 12.1. The molecule has 2 aliphatic rings. The Balaban J connectivity index is 0.000000623. The number of nitrogens with zero attached hydrogens (tertiary/aromatic N) is 5. The molecule has 5 N–H and O–H groups in total. The highest BCUT2D eigenvalue weighted by Crippen LogP contribution is 2.30. The summed E-state index contributed by atoms with van der Waals surface area (Å²) in [5.41, 5.74) is 7.93. The Labute approximate surface area is 205 Å². The highest BCUT2D eigenvalue weighted by Gasteiger charge is 2.28. The molecule has 1 aliphatic carbocycles. The highest BCUT2D eigenvalue weighted by atomic mass is 32.2. The fourth-order valence-electron chi connectivity index (χ4n) is 5.38. The maximum Gasteiger partial charge on any atom is 0.330 e. The van der Waals surface area contributed by atoms with E-state index in [2.05, 4.69) is 19.6 Å². The van der Waals surface area contributed by atoms with Crippen molar-refractivity contribution >= 4 is 27.2 Å². The minimum Gasteiger partial charge on any atom is -0.368 e. The number of rotatable bonds is 4. The number of piperidine rings is 1. The molecular formula is C23H35N7O4S. The quantitative estimate of drug-likeness (QED) is 0.422. The second kappa shape index (κ2) is 12.3. The number of fused-ring (bicyclic) bond motifs is 1. The molecule has 2 fully saturated rings. The van der Waals surface area contributed by atoms with E-state index in [0.717, 1.165) is 43.0 Å². The molecule has 11 nitrogen and oxygen atoms in total. The summed E-state index contributed by atoms with van der Waals surface area (Å²) in [6, 6.07) is 8.93. The number of likely N-dealkylation sites (tertiary alicyclic amines) is 1. The monoisotopic (exact) mass is 505 g/mol. The average Bonchev–Trinajstić information content (AvgIpc) is 3.06. The molecule has 2 heterocycles. The molecule has 0 bridgehead atoms. The number of aromatic nitrogens is 2. The zero-order valence-corrected chi connectivity index (χ0v) is 20.7. The number of primary amides is 1. The number of imidazole rings is 1. The zero-order valence-electron chi connectivity index (χ0n) is 19.9. The van der Waals surface area contributed by atoms with Crippen molar-refractivity contribution in [2.75, 3.05) is 13.1 Å². The van der Waals surface area contributed by atoms with E-state index in [-0.39, 0.29) is 12.6 Å². The number of amides is 1. The van der Waals surface area contributed by atoms with Gasteiger partial charge in [-0.1, -0.05) is 44.2 Å². The van der Waals surface area contributed by atoms with E-state index in [9.17, 15) is 10.1 Å². The van der Waals surface area contributed by atoms with Gasteiger partial charge in [-0.25, -0.2) is 5.14 Å². The van der Waals surface area contributed by atoms with Crippen LogP contribution in [0.5, 0.6) is 0 Å². The van der Waals surface area contributed by atoms with Gasteiger partial charge in [-0.05, 0) is 37.8 Å². The molecule has 1 aromatic heterocycles. The van der Waals surface area contributed by atoms with Crippen LogP contribution in [0.2, 0.25) is 0 Å². The van der Waals surface area contributed by atoms with Gasteiger partial charge in [0, 0.05) is 25.2 Å². The van der Waals surface area contributed by atoms with Crippen LogP contribution >= 0.6 is 0 Å². The van der Waals surface area contributed by atoms with Crippen LogP contribution in [0.15, 0.2) is 29.3 Å². The maximum atomic E-state index is 11.7. The number of carbonyl (C=O) groups is 1. The third-order valence-electron chi connectivity index (χ3n) is 6.81. The molecule has 192 valence electrons. The Morgan fingerprint density at radius 3 is 2.11 bits per heavy atom. The Morgan fingerprint density at radius 1 is 1.03 bits per heavy atom. The first-order chi connectivity index (χ1) is 16.7. The molecule has 0 atom stereocenters. The molecule has 1 amide bonds. The predicted molar refractivity (Wildman–Crippen MR) is 132 cm³/mol. The summed E-state index contributed by atoms with van der Waals surface area (Å²) in [7, 11) is -4.17. The Hall–Kier alpha value is -2.72. The van der Waals surface area contributed by atoms with Gasteiger partial charge in [0.05, 0.1) is 11.0 Å². The number of benzene rings is 1. The lowest BCUT2D eigenvalue weighted by Gasteiger charge is -2.39. The summed E-state index contributed by atoms with van der Waals surface area (Å²) in [6.07, 6.45) is 13.5. The van der Waals surface area contributed by atoms with E-state index >= 15 is 0 Å². The Bertz CT molecular complexity index is 1200. The highest BCUT2D eigenvalue weighted by molar-refractivity contribution is 7.83. The van der Waals surface area contributed by atoms with Crippen molar-refractivity contribution in [1.29, 1.82) is 5.26 Å². The van der Waals surface area contributed by atoms with Gasteiger partial charge in [-0.2, -0.15) is 13.7 Å². The third-order valence-corrected chi connectivity index (χ3v) is 6.81. The van der Waals surface area contributed by atoms with Crippen molar-refractivity contribution < 1.29 is 17.8 Å². The van der Waals surface area contributed by atoms with Crippen molar-refractivity contribution in [1.82, 2.24) is 14.0 Å². The number of nitrogens with two attached hydrogens (primary N) is 2. The van der Waals surface area contributed by atoms with Crippen molar-refractivity contribution in [3.05, 3.63) is 29.9 Å². The molecule has 1 aliphatic heterocycles. The van der Waals surface area contributed by atoms with Crippen LogP contribution in [0.25, 0.3) is 11.0 Å². The van der Waals surface area contributed by atoms with Crippen molar-refractivity contribution in [3.8, 4) is 6.19 Å². The second-order valence-corrected chi connectivity index (χ2v) is 10.2. The molecule has 12 heteroatoms.